The van der Waals surface area contributed by atoms with E-state index >= 15 is 0 Å². The molecule has 0 aromatic carbocycles. The molecule has 1 saturated heterocycles. The topological polar surface area (TPSA) is 94.0 Å². The third-order valence-corrected chi connectivity index (χ3v) is 7.19. The molecule has 2 aromatic rings. The van der Waals surface area contributed by atoms with Crippen molar-refractivity contribution in [3.8, 4) is 0 Å². The quantitative estimate of drug-likeness (QED) is 0.775. The maximum Gasteiger partial charge on any atom is 0.418 e. The van der Waals surface area contributed by atoms with Crippen molar-refractivity contribution in [2.24, 2.45) is 11.1 Å². The number of rotatable bonds is 3. The Morgan fingerprint density at radius 2 is 1.93 bits per heavy atom. The van der Waals surface area contributed by atoms with Crippen LogP contribution in [0.2, 0.25) is 0 Å². The summed E-state index contributed by atoms with van der Waals surface area (Å²) in [4.78, 5) is 14.4. The first-order valence-corrected chi connectivity index (χ1v) is 10.4. The molecule has 2 aromatic heterocycles. The van der Waals surface area contributed by atoms with E-state index in [1.54, 1.807) is 6.20 Å². The number of nitrogens with zero attached hydrogens (tertiary/aromatic N) is 4. The molecule has 0 bridgehead atoms. The van der Waals surface area contributed by atoms with Crippen LogP contribution in [-0.4, -0.2) is 34.1 Å². The molecule has 1 aliphatic heterocycles. The first kappa shape index (κ1) is 20.2. The van der Waals surface area contributed by atoms with E-state index in [1.807, 2.05) is 0 Å². The van der Waals surface area contributed by atoms with E-state index in [0.29, 0.717) is 5.82 Å². The number of pyridine rings is 1. The van der Waals surface area contributed by atoms with Gasteiger partial charge < -0.3 is 16.4 Å². The minimum atomic E-state index is -4.50. The average molecular weight is 424 g/mol. The predicted octanol–water partition coefficient (Wildman–Crippen LogP) is 3.72. The molecule has 29 heavy (non-hydrogen) atoms. The number of hydrogen-bond donors (Lipinski definition) is 2. The lowest BCUT2D eigenvalue weighted by molar-refractivity contribution is -0.140. The van der Waals surface area contributed by atoms with Crippen LogP contribution in [0.3, 0.4) is 0 Å². The zero-order valence-electron chi connectivity index (χ0n) is 15.8. The molecule has 4 rings (SSSR count). The van der Waals surface area contributed by atoms with Gasteiger partial charge in [-0.15, -0.1) is 0 Å². The van der Waals surface area contributed by atoms with Crippen LogP contribution >= 0.6 is 11.8 Å². The highest BCUT2D eigenvalue weighted by molar-refractivity contribution is 7.99. The summed E-state index contributed by atoms with van der Waals surface area (Å²) in [6.07, 6.45) is 4.69. The lowest BCUT2D eigenvalue weighted by Gasteiger charge is -2.42. The van der Waals surface area contributed by atoms with E-state index in [0.717, 1.165) is 50.3 Å². The summed E-state index contributed by atoms with van der Waals surface area (Å²) in [6.45, 7) is 1.66. The lowest BCUT2D eigenvalue weighted by atomic mass is 9.74. The summed E-state index contributed by atoms with van der Waals surface area (Å²) >= 11 is 0.845. The second-order valence-electron chi connectivity index (χ2n) is 7.74. The minimum Gasteiger partial charge on any atom is -0.381 e. The molecule has 3 heterocycles. The van der Waals surface area contributed by atoms with E-state index < -0.39 is 11.7 Å². The van der Waals surface area contributed by atoms with Crippen LogP contribution in [0, 0.1) is 5.41 Å². The van der Waals surface area contributed by atoms with Gasteiger partial charge in [0.25, 0.3) is 0 Å². The molecule has 0 amide bonds. The number of anilines is 2. The molecular weight excluding hydrogens is 401 g/mol. The second kappa shape index (κ2) is 7.64. The van der Waals surface area contributed by atoms with Crippen molar-refractivity contribution in [2.75, 3.05) is 23.7 Å². The van der Waals surface area contributed by atoms with Gasteiger partial charge in [0.15, 0.2) is 5.82 Å². The molecule has 156 valence electrons. The third-order valence-electron chi connectivity index (χ3n) is 6.10. The van der Waals surface area contributed by atoms with Gasteiger partial charge >= 0.3 is 6.18 Å². The van der Waals surface area contributed by atoms with E-state index in [4.69, 9.17) is 11.5 Å². The average Bonchev–Trinajstić information content (AvgIpc) is 3.03. The van der Waals surface area contributed by atoms with E-state index in [1.165, 1.54) is 25.1 Å². The Labute approximate surface area is 171 Å². The predicted molar refractivity (Wildman–Crippen MR) is 106 cm³/mol. The summed E-state index contributed by atoms with van der Waals surface area (Å²) < 4.78 is 39.5. The van der Waals surface area contributed by atoms with Crippen molar-refractivity contribution in [2.45, 2.75) is 54.2 Å². The highest BCUT2D eigenvalue weighted by Gasteiger charge is 2.43. The fraction of sp³-hybridized carbons (Fsp3) is 0.526. The van der Waals surface area contributed by atoms with Crippen LogP contribution in [0.4, 0.5) is 24.8 Å². The molecule has 1 atom stereocenters. The molecule has 0 unspecified atom stereocenters. The van der Waals surface area contributed by atoms with Crippen molar-refractivity contribution in [3.63, 3.8) is 0 Å². The standard InChI is InChI=1S/C19H23F3N6S/c20-19(21,22)12-10-25-7-3-13(12)29-17-16(24)27-15(11-26-17)28-8-5-18(6-9-28)4-1-2-14(18)23/h3,7,10-11,14H,1-2,4-6,8-9,23H2,(H2,24,27)/t14-/m1/s1. The molecular formula is C19H23F3N6S. The second-order valence-corrected chi connectivity index (χ2v) is 8.77. The Balaban J connectivity index is 1.48. The van der Waals surface area contributed by atoms with Gasteiger partial charge in [-0.05, 0) is 37.2 Å². The molecule has 6 nitrogen and oxygen atoms in total. The van der Waals surface area contributed by atoms with Gasteiger partial charge in [0.1, 0.15) is 10.8 Å². The number of piperidine rings is 1. The molecule has 10 heteroatoms. The minimum absolute atomic E-state index is 0.00335. The van der Waals surface area contributed by atoms with E-state index in [2.05, 4.69) is 19.9 Å². The Bertz CT molecular complexity index is 882. The van der Waals surface area contributed by atoms with Crippen molar-refractivity contribution in [1.82, 2.24) is 15.0 Å². The number of alkyl halides is 3. The van der Waals surface area contributed by atoms with Gasteiger partial charge in [0, 0.05) is 36.4 Å². The van der Waals surface area contributed by atoms with Gasteiger partial charge in [-0.1, -0.05) is 18.2 Å². The highest BCUT2D eigenvalue weighted by Crippen LogP contribution is 2.46. The fourth-order valence-corrected chi connectivity index (χ4v) is 5.24. The largest absolute Gasteiger partial charge is 0.418 e. The van der Waals surface area contributed by atoms with Crippen LogP contribution in [-0.2, 0) is 6.18 Å². The van der Waals surface area contributed by atoms with E-state index in [-0.39, 0.29) is 27.2 Å². The van der Waals surface area contributed by atoms with Gasteiger partial charge in [0.05, 0.1) is 11.8 Å². The van der Waals surface area contributed by atoms with Gasteiger partial charge in [-0.3, -0.25) is 4.98 Å². The van der Waals surface area contributed by atoms with E-state index in [9.17, 15) is 13.2 Å². The number of nitrogen functional groups attached to an aromatic ring is 1. The van der Waals surface area contributed by atoms with Crippen molar-refractivity contribution < 1.29 is 13.2 Å². The van der Waals surface area contributed by atoms with Crippen molar-refractivity contribution >= 4 is 23.4 Å². The fourth-order valence-electron chi connectivity index (χ4n) is 4.37. The van der Waals surface area contributed by atoms with Crippen LogP contribution < -0.4 is 16.4 Å². The summed E-state index contributed by atoms with van der Waals surface area (Å²) in [5.74, 6) is 0.773. The van der Waals surface area contributed by atoms with Crippen LogP contribution in [0.25, 0.3) is 0 Å². The van der Waals surface area contributed by atoms with Crippen molar-refractivity contribution in [1.29, 1.82) is 0 Å². The normalized spacial score (nSPS) is 21.7. The molecule has 0 radical (unpaired) electrons. The van der Waals surface area contributed by atoms with Crippen LogP contribution in [0.1, 0.15) is 37.7 Å². The molecule has 1 spiro atoms. The van der Waals surface area contributed by atoms with Gasteiger partial charge in [-0.2, -0.15) is 13.2 Å². The summed E-state index contributed by atoms with van der Waals surface area (Å²) in [6, 6.07) is 1.57. The van der Waals surface area contributed by atoms with Crippen molar-refractivity contribution in [3.05, 3.63) is 30.2 Å². The zero-order chi connectivity index (χ0) is 20.6. The first-order valence-electron chi connectivity index (χ1n) is 9.61. The maximum absolute atomic E-state index is 13.2. The summed E-state index contributed by atoms with van der Waals surface area (Å²) in [7, 11) is 0. The number of halogens is 3. The zero-order valence-corrected chi connectivity index (χ0v) is 16.6. The van der Waals surface area contributed by atoms with Gasteiger partial charge in [-0.25, -0.2) is 9.97 Å². The third kappa shape index (κ3) is 4.00. The summed E-state index contributed by atoms with van der Waals surface area (Å²) in [5, 5.41) is 0.247. The molecule has 2 aliphatic rings. The van der Waals surface area contributed by atoms with Crippen LogP contribution in [0.5, 0.6) is 0 Å². The number of hydrogen-bond acceptors (Lipinski definition) is 7. The highest BCUT2D eigenvalue weighted by atomic mass is 32.2. The first-order chi connectivity index (χ1) is 13.8. The molecule has 1 aliphatic carbocycles. The summed E-state index contributed by atoms with van der Waals surface area (Å²) in [5.41, 5.74) is 11.8. The molecule has 2 fully saturated rings. The molecule has 1 saturated carbocycles. The Morgan fingerprint density at radius 1 is 1.17 bits per heavy atom. The number of nitrogens with two attached hydrogens (primary N) is 2. The molecule has 4 N–H and O–H groups in total. The Morgan fingerprint density at radius 3 is 2.55 bits per heavy atom. The Hall–Kier alpha value is -2.07. The monoisotopic (exact) mass is 424 g/mol. The lowest BCUT2D eigenvalue weighted by Crippen LogP contribution is -2.47. The maximum atomic E-state index is 13.2. The smallest absolute Gasteiger partial charge is 0.381 e. The SMILES string of the molecule is Nc1nc(N2CCC3(CCC[C@H]3N)CC2)cnc1Sc1ccncc1C(F)(F)F. The van der Waals surface area contributed by atoms with Crippen LogP contribution in [0.15, 0.2) is 34.6 Å². The Kier molecular flexibility index (Phi) is 5.32. The number of aromatic nitrogens is 3. The van der Waals surface area contributed by atoms with Gasteiger partial charge in [0.2, 0.25) is 0 Å².